The highest BCUT2D eigenvalue weighted by molar-refractivity contribution is 7.71. The van der Waals surface area contributed by atoms with Gasteiger partial charge in [0.05, 0.1) is 5.52 Å². The summed E-state index contributed by atoms with van der Waals surface area (Å²) in [6.07, 6.45) is 1.32. The smallest absolute Gasteiger partial charge is 0.266 e. The van der Waals surface area contributed by atoms with Gasteiger partial charge in [-0.25, -0.2) is 0 Å². The number of carbonyl (C=O) groups is 2. The second kappa shape index (κ2) is 5.79. The number of ketones is 1. The van der Waals surface area contributed by atoms with Crippen LogP contribution in [-0.4, -0.2) is 16.7 Å². The van der Waals surface area contributed by atoms with Gasteiger partial charge >= 0.3 is 0 Å². The number of benzene rings is 1. The van der Waals surface area contributed by atoms with E-state index in [1.165, 1.54) is 6.92 Å². The van der Waals surface area contributed by atoms with Gasteiger partial charge < -0.3 is 19.5 Å². The molecule has 100 valence electrons. The molecule has 0 bridgehead atoms. The summed E-state index contributed by atoms with van der Waals surface area (Å²) < 4.78 is 5.27. The first kappa shape index (κ1) is 13.5. The van der Waals surface area contributed by atoms with Crippen molar-refractivity contribution in [3.05, 3.63) is 23.0 Å². The highest BCUT2D eigenvalue weighted by atomic mass is 32.1. The monoisotopic (exact) mass is 278 g/mol. The fourth-order valence-electron chi connectivity index (χ4n) is 1.74. The number of amides is 1. The minimum Gasteiger partial charge on any atom is -0.429 e. The molecule has 0 saturated heterocycles. The zero-order valence-corrected chi connectivity index (χ0v) is 11.3. The van der Waals surface area contributed by atoms with Crippen molar-refractivity contribution in [3.63, 3.8) is 0 Å². The topological polar surface area (TPSA) is 75.1 Å². The van der Waals surface area contributed by atoms with E-state index in [0.29, 0.717) is 35.4 Å². The number of Topliss-reactive ketones (excluding diaryl/α,β-unsaturated/α-hetero) is 1. The van der Waals surface area contributed by atoms with E-state index in [9.17, 15) is 9.59 Å². The molecule has 0 radical (unpaired) electrons. The van der Waals surface area contributed by atoms with Crippen molar-refractivity contribution in [1.82, 2.24) is 4.98 Å². The van der Waals surface area contributed by atoms with Crippen LogP contribution in [0.2, 0.25) is 0 Å². The lowest BCUT2D eigenvalue weighted by molar-refractivity contribution is -0.117. The normalized spacial score (nSPS) is 10.6. The van der Waals surface area contributed by atoms with Crippen molar-refractivity contribution >= 4 is 40.7 Å². The maximum atomic E-state index is 11.7. The lowest BCUT2D eigenvalue weighted by atomic mass is 10.2. The molecule has 2 aromatic rings. The summed E-state index contributed by atoms with van der Waals surface area (Å²) in [6, 6.07) is 5.27. The van der Waals surface area contributed by atoms with E-state index in [0.717, 1.165) is 5.52 Å². The Balaban J connectivity index is 1.98. The van der Waals surface area contributed by atoms with Crippen LogP contribution in [0, 0.1) is 4.84 Å². The summed E-state index contributed by atoms with van der Waals surface area (Å²) in [7, 11) is 0. The second-order valence-corrected chi connectivity index (χ2v) is 4.70. The van der Waals surface area contributed by atoms with E-state index in [1.807, 2.05) is 0 Å². The van der Waals surface area contributed by atoms with Gasteiger partial charge in [0.1, 0.15) is 5.78 Å². The van der Waals surface area contributed by atoms with Crippen LogP contribution in [0.15, 0.2) is 22.6 Å². The SMILES string of the molecule is CC(=O)CCCC(=O)Nc1ccc2[nH]c(=S)oc2c1. The summed E-state index contributed by atoms with van der Waals surface area (Å²) in [5.74, 6) is -0.0203. The number of hydrogen-bond acceptors (Lipinski definition) is 4. The molecule has 0 aliphatic carbocycles. The highest BCUT2D eigenvalue weighted by Crippen LogP contribution is 2.18. The van der Waals surface area contributed by atoms with Crippen molar-refractivity contribution in [2.24, 2.45) is 0 Å². The van der Waals surface area contributed by atoms with E-state index in [1.54, 1.807) is 18.2 Å². The Morgan fingerprint density at radius 2 is 2.16 bits per heavy atom. The number of anilines is 1. The first-order valence-corrected chi connectivity index (χ1v) is 6.37. The van der Waals surface area contributed by atoms with E-state index < -0.39 is 0 Å². The van der Waals surface area contributed by atoms with Crippen molar-refractivity contribution in [1.29, 1.82) is 0 Å². The fourth-order valence-corrected chi connectivity index (χ4v) is 1.94. The van der Waals surface area contributed by atoms with Gasteiger partial charge in [-0.05, 0) is 37.7 Å². The van der Waals surface area contributed by atoms with Crippen LogP contribution >= 0.6 is 12.2 Å². The molecule has 0 aliphatic rings. The number of rotatable bonds is 5. The predicted molar refractivity (Wildman–Crippen MR) is 74.6 cm³/mol. The Morgan fingerprint density at radius 1 is 1.37 bits per heavy atom. The quantitative estimate of drug-likeness (QED) is 0.824. The Kier molecular flexibility index (Phi) is 4.11. The van der Waals surface area contributed by atoms with Gasteiger partial charge in [-0.1, -0.05) is 0 Å². The maximum absolute atomic E-state index is 11.7. The standard InChI is InChI=1S/C13H14N2O3S/c1-8(16)3-2-4-12(17)14-9-5-6-10-11(7-9)18-13(19)15-10/h5-7H,2-4H2,1H3,(H,14,17)(H,15,19). The third-order valence-electron chi connectivity index (χ3n) is 2.64. The van der Waals surface area contributed by atoms with Crippen LogP contribution in [-0.2, 0) is 9.59 Å². The molecule has 19 heavy (non-hydrogen) atoms. The number of oxazole rings is 1. The molecule has 1 heterocycles. The van der Waals surface area contributed by atoms with Crippen molar-refractivity contribution in [2.45, 2.75) is 26.2 Å². The van der Waals surface area contributed by atoms with Crippen LogP contribution in [0.1, 0.15) is 26.2 Å². The van der Waals surface area contributed by atoms with Gasteiger partial charge in [-0.3, -0.25) is 4.79 Å². The largest absolute Gasteiger partial charge is 0.429 e. The molecule has 0 fully saturated rings. The Morgan fingerprint density at radius 3 is 2.89 bits per heavy atom. The van der Waals surface area contributed by atoms with Gasteiger partial charge in [-0.2, -0.15) is 0 Å². The third kappa shape index (κ3) is 3.75. The molecular weight excluding hydrogens is 264 g/mol. The minimum absolute atomic E-state index is 0.0957. The first-order chi connectivity index (χ1) is 9.04. The summed E-state index contributed by atoms with van der Waals surface area (Å²) in [6.45, 7) is 1.52. The number of aromatic nitrogens is 1. The highest BCUT2D eigenvalue weighted by Gasteiger charge is 2.05. The van der Waals surface area contributed by atoms with Crippen LogP contribution < -0.4 is 5.32 Å². The average Bonchev–Trinajstić information content (AvgIpc) is 2.67. The molecular formula is C13H14N2O3S. The molecule has 5 nitrogen and oxygen atoms in total. The van der Waals surface area contributed by atoms with E-state index in [4.69, 9.17) is 16.6 Å². The predicted octanol–water partition coefficient (Wildman–Crippen LogP) is 3.19. The lowest BCUT2D eigenvalue weighted by Gasteiger charge is -2.04. The van der Waals surface area contributed by atoms with E-state index in [-0.39, 0.29) is 11.7 Å². The van der Waals surface area contributed by atoms with Crippen LogP contribution in [0.25, 0.3) is 11.1 Å². The number of fused-ring (bicyclic) bond motifs is 1. The van der Waals surface area contributed by atoms with Crippen molar-refractivity contribution < 1.29 is 14.0 Å². The average molecular weight is 278 g/mol. The number of hydrogen-bond donors (Lipinski definition) is 2. The summed E-state index contributed by atoms with van der Waals surface area (Å²) >= 11 is 4.88. The fraction of sp³-hybridized carbons (Fsp3) is 0.308. The van der Waals surface area contributed by atoms with Gasteiger partial charge in [-0.15, -0.1) is 0 Å². The van der Waals surface area contributed by atoms with E-state index >= 15 is 0 Å². The Labute approximate surface area is 115 Å². The zero-order valence-electron chi connectivity index (χ0n) is 10.5. The summed E-state index contributed by atoms with van der Waals surface area (Å²) in [5, 5.41) is 2.76. The van der Waals surface area contributed by atoms with Crippen LogP contribution in [0.4, 0.5) is 5.69 Å². The summed E-state index contributed by atoms with van der Waals surface area (Å²) in [5.41, 5.74) is 2.05. The van der Waals surface area contributed by atoms with E-state index in [2.05, 4.69) is 10.3 Å². The maximum Gasteiger partial charge on any atom is 0.266 e. The summed E-state index contributed by atoms with van der Waals surface area (Å²) in [4.78, 5) is 25.6. The minimum atomic E-state index is -0.116. The molecule has 1 amide bonds. The molecule has 0 atom stereocenters. The number of aromatic amines is 1. The first-order valence-electron chi connectivity index (χ1n) is 5.97. The molecule has 1 aromatic carbocycles. The number of carbonyl (C=O) groups excluding carboxylic acids is 2. The number of H-pyrrole nitrogens is 1. The zero-order chi connectivity index (χ0) is 13.8. The van der Waals surface area contributed by atoms with Crippen molar-refractivity contribution in [3.8, 4) is 0 Å². The molecule has 0 saturated carbocycles. The molecule has 2 N–H and O–H groups in total. The van der Waals surface area contributed by atoms with Crippen LogP contribution in [0.5, 0.6) is 0 Å². The van der Waals surface area contributed by atoms with Crippen LogP contribution in [0.3, 0.4) is 0 Å². The molecule has 0 aliphatic heterocycles. The van der Waals surface area contributed by atoms with Crippen molar-refractivity contribution in [2.75, 3.05) is 5.32 Å². The van der Waals surface area contributed by atoms with Gasteiger partial charge in [0.15, 0.2) is 5.58 Å². The molecule has 0 unspecified atom stereocenters. The molecule has 0 spiro atoms. The molecule has 2 rings (SSSR count). The second-order valence-electron chi connectivity index (χ2n) is 4.33. The third-order valence-corrected chi connectivity index (χ3v) is 2.82. The number of nitrogens with one attached hydrogen (secondary N) is 2. The molecule has 1 aromatic heterocycles. The molecule has 6 heteroatoms. The van der Waals surface area contributed by atoms with Gasteiger partial charge in [0.25, 0.3) is 4.84 Å². The Bertz CT molecular complexity index is 672. The van der Waals surface area contributed by atoms with Gasteiger partial charge in [0.2, 0.25) is 5.91 Å². The lowest BCUT2D eigenvalue weighted by Crippen LogP contribution is -2.11. The van der Waals surface area contributed by atoms with Gasteiger partial charge in [0, 0.05) is 24.6 Å². The Hall–Kier alpha value is -1.95.